The predicted octanol–water partition coefficient (Wildman–Crippen LogP) is 0.450. The number of hydrogen-bond acceptors (Lipinski definition) is 8. The molecule has 0 unspecified atom stereocenters. The number of aliphatic hydroxyl groups is 2. The van der Waals surface area contributed by atoms with E-state index < -0.39 is 84.9 Å². The van der Waals surface area contributed by atoms with Gasteiger partial charge in [0.2, 0.25) is 29.5 Å². The monoisotopic (exact) mass is 680 g/mol. The van der Waals surface area contributed by atoms with Gasteiger partial charge in [0.25, 0.3) is 0 Å². The number of nitrogens with one attached hydrogen (secondary N) is 5. The SMILES string of the molecule is CCC(=O)N[C@H](C(=O)N[C@H](C(=O)N[C@@H](CC(C)C)[C@@H](O)CC(=O)N[C@@H](C)C(=O)N[C@@H](CC(C)C)[C@@H](O)CC(=O)O)C(C)C)C(C)C.[Na]. The summed E-state index contributed by atoms with van der Waals surface area (Å²) in [4.78, 5) is 75.2. The number of carboxylic acid groups (broad SMARTS) is 1. The Morgan fingerprint density at radius 2 is 0.957 bits per heavy atom. The normalized spacial score (nSPS) is 15.8. The Hall–Kier alpha value is -2.26. The van der Waals surface area contributed by atoms with Crippen molar-refractivity contribution in [1.82, 2.24) is 26.6 Å². The van der Waals surface area contributed by atoms with Gasteiger partial charge in [0.1, 0.15) is 18.1 Å². The summed E-state index contributed by atoms with van der Waals surface area (Å²) in [5.74, 6) is -4.38. The molecule has 0 aromatic heterocycles. The van der Waals surface area contributed by atoms with Gasteiger partial charge in [0, 0.05) is 36.0 Å². The quantitative estimate of drug-likeness (QED) is 0.0787. The van der Waals surface area contributed by atoms with E-state index in [1.165, 1.54) is 6.92 Å². The number of hydrogen-bond donors (Lipinski definition) is 8. The maximum atomic E-state index is 13.4. The Morgan fingerprint density at radius 1 is 0.553 bits per heavy atom. The summed E-state index contributed by atoms with van der Waals surface area (Å²) in [6.45, 7) is 17.6. The molecule has 5 amide bonds. The van der Waals surface area contributed by atoms with E-state index in [1.807, 2.05) is 27.7 Å². The van der Waals surface area contributed by atoms with Crippen LogP contribution in [0.2, 0.25) is 0 Å². The number of aliphatic carboxylic acids is 1. The molecule has 0 aromatic rings. The van der Waals surface area contributed by atoms with Gasteiger partial charge in [-0.15, -0.1) is 0 Å². The molecule has 0 fully saturated rings. The zero-order valence-electron chi connectivity index (χ0n) is 30.2. The Bertz CT molecular complexity index is 1020. The summed E-state index contributed by atoms with van der Waals surface area (Å²) >= 11 is 0. The number of aliphatic hydroxyl groups excluding tert-OH is 2. The van der Waals surface area contributed by atoms with Gasteiger partial charge in [-0.25, -0.2) is 0 Å². The molecule has 15 heteroatoms. The fraction of sp³-hybridized carbons (Fsp3) is 0.812. The summed E-state index contributed by atoms with van der Waals surface area (Å²) in [6, 6.07) is -4.59. The third kappa shape index (κ3) is 18.8. The van der Waals surface area contributed by atoms with E-state index in [9.17, 15) is 39.0 Å². The summed E-state index contributed by atoms with van der Waals surface area (Å²) < 4.78 is 0. The molecule has 0 spiro atoms. The van der Waals surface area contributed by atoms with Gasteiger partial charge >= 0.3 is 5.97 Å². The van der Waals surface area contributed by atoms with Crippen molar-refractivity contribution in [3.8, 4) is 0 Å². The summed E-state index contributed by atoms with van der Waals surface area (Å²) in [5, 5.41) is 43.6. The molecule has 14 nitrogen and oxygen atoms in total. The van der Waals surface area contributed by atoms with Crippen molar-refractivity contribution < 1.29 is 44.1 Å². The van der Waals surface area contributed by atoms with E-state index >= 15 is 0 Å². The molecule has 0 saturated carbocycles. The van der Waals surface area contributed by atoms with Crippen LogP contribution in [-0.4, -0.2) is 123 Å². The minimum atomic E-state index is -1.33. The van der Waals surface area contributed by atoms with Crippen LogP contribution in [0.5, 0.6) is 0 Å². The maximum Gasteiger partial charge on any atom is 0.306 e. The van der Waals surface area contributed by atoms with Crippen molar-refractivity contribution >= 4 is 65.1 Å². The molecular weight excluding hydrogens is 621 g/mol. The average molecular weight is 681 g/mol. The van der Waals surface area contributed by atoms with Crippen LogP contribution in [-0.2, 0) is 28.8 Å². The first-order valence-corrected chi connectivity index (χ1v) is 16.3. The Labute approximate surface area is 302 Å². The van der Waals surface area contributed by atoms with Crippen LogP contribution in [0.3, 0.4) is 0 Å². The van der Waals surface area contributed by atoms with Crippen LogP contribution in [0, 0.1) is 23.7 Å². The first-order chi connectivity index (χ1) is 21.2. The second-order valence-electron chi connectivity index (χ2n) is 13.6. The Balaban J connectivity index is 0. The number of amides is 5. The van der Waals surface area contributed by atoms with Gasteiger partial charge in [0.15, 0.2) is 0 Å². The van der Waals surface area contributed by atoms with E-state index in [-0.39, 0.29) is 65.6 Å². The van der Waals surface area contributed by atoms with Crippen molar-refractivity contribution in [2.75, 3.05) is 0 Å². The van der Waals surface area contributed by atoms with Gasteiger partial charge in [-0.3, -0.25) is 28.8 Å². The van der Waals surface area contributed by atoms with Crippen molar-refractivity contribution in [3.05, 3.63) is 0 Å². The number of rotatable bonds is 21. The first kappa shape index (κ1) is 46.9. The van der Waals surface area contributed by atoms with E-state index in [2.05, 4.69) is 26.6 Å². The standard InChI is InChI=1S/C32H59N5O9.Na/c1-11-25(40)36-28(18(6)7)32(46)37-29(19(8)9)31(45)35-21(12-16(2)3)23(38)14-26(41)33-20(10)30(44)34-22(13-17(4)5)24(39)15-27(42)43;/h16-24,28-29,38-39H,11-15H2,1-10H3,(H,33,41)(H,34,44)(H,35,45)(H,36,40)(H,37,46)(H,42,43);/t20-,21-,22-,23-,24-,28-,29-;/m0./s1. The third-order valence-electron chi connectivity index (χ3n) is 7.42. The van der Waals surface area contributed by atoms with Crippen molar-refractivity contribution in [2.45, 2.75) is 144 Å². The van der Waals surface area contributed by atoms with Crippen LogP contribution < -0.4 is 26.6 Å². The smallest absolute Gasteiger partial charge is 0.306 e. The summed E-state index contributed by atoms with van der Waals surface area (Å²) in [7, 11) is 0. The fourth-order valence-corrected chi connectivity index (χ4v) is 4.83. The fourth-order valence-electron chi connectivity index (χ4n) is 4.83. The minimum absolute atomic E-state index is 0. The van der Waals surface area contributed by atoms with Crippen LogP contribution in [0.1, 0.15) is 101 Å². The largest absolute Gasteiger partial charge is 0.481 e. The topological polar surface area (TPSA) is 223 Å². The Morgan fingerprint density at radius 3 is 1.36 bits per heavy atom. The van der Waals surface area contributed by atoms with Crippen molar-refractivity contribution in [3.63, 3.8) is 0 Å². The maximum absolute atomic E-state index is 13.4. The molecule has 0 aliphatic rings. The van der Waals surface area contributed by atoms with Crippen molar-refractivity contribution in [1.29, 1.82) is 0 Å². The molecule has 0 aliphatic carbocycles. The molecule has 0 aliphatic heterocycles. The second-order valence-corrected chi connectivity index (χ2v) is 13.6. The number of carbonyl (C=O) groups is 6. The van der Waals surface area contributed by atoms with Crippen LogP contribution in [0.25, 0.3) is 0 Å². The predicted molar refractivity (Wildman–Crippen MR) is 179 cm³/mol. The molecule has 47 heavy (non-hydrogen) atoms. The average Bonchev–Trinajstić information content (AvgIpc) is 2.91. The summed E-state index contributed by atoms with van der Waals surface area (Å²) in [5.41, 5.74) is 0. The second kappa shape index (κ2) is 23.2. The van der Waals surface area contributed by atoms with Crippen molar-refractivity contribution in [2.24, 2.45) is 23.7 Å². The molecule has 0 aromatic carbocycles. The third-order valence-corrected chi connectivity index (χ3v) is 7.42. The van der Waals surface area contributed by atoms with Gasteiger partial charge < -0.3 is 41.9 Å². The van der Waals surface area contributed by atoms with E-state index in [4.69, 9.17) is 5.11 Å². The Kier molecular flexibility index (Phi) is 23.1. The molecule has 0 saturated heterocycles. The molecule has 1 radical (unpaired) electrons. The molecule has 8 N–H and O–H groups in total. The van der Waals surface area contributed by atoms with Crippen LogP contribution >= 0.6 is 0 Å². The molecule has 267 valence electrons. The summed E-state index contributed by atoms with van der Waals surface area (Å²) in [6.07, 6.45) is -2.81. The van der Waals surface area contributed by atoms with Gasteiger partial charge in [-0.1, -0.05) is 62.3 Å². The zero-order chi connectivity index (χ0) is 35.9. The van der Waals surface area contributed by atoms with Gasteiger partial charge in [-0.2, -0.15) is 0 Å². The molecule has 0 heterocycles. The molecular formula is C32H59N5NaO9. The van der Waals surface area contributed by atoms with Gasteiger partial charge in [-0.05, 0) is 43.4 Å². The molecule has 0 bridgehead atoms. The van der Waals surface area contributed by atoms with Crippen LogP contribution in [0.15, 0.2) is 0 Å². The van der Waals surface area contributed by atoms with E-state index in [0.29, 0.717) is 12.8 Å². The van der Waals surface area contributed by atoms with Crippen LogP contribution in [0.4, 0.5) is 0 Å². The zero-order valence-corrected chi connectivity index (χ0v) is 32.2. The number of carboxylic acids is 1. The van der Waals surface area contributed by atoms with E-state index in [0.717, 1.165) is 0 Å². The molecule has 7 atom stereocenters. The molecule has 0 rings (SSSR count). The van der Waals surface area contributed by atoms with Gasteiger partial charge in [0.05, 0.1) is 37.1 Å². The number of carbonyl (C=O) groups excluding carboxylic acids is 5. The van der Waals surface area contributed by atoms with E-state index in [1.54, 1.807) is 34.6 Å². The first-order valence-electron chi connectivity index (χ1n) is 16.3. The minimum Gasteiger partial charge on any atom is -0.481 e.